The van der Waals surface area contributed by atoms with Gasteiger partial charge < -0.3 is 10.6 Å². The molecule has 1 amide bonds. The van der Waals surface area contributed by atoms with Crippen LogP contribution in [0, 0.1) is 5.92 Å². The second-order valence-electron chi connectivity index (χ2n) is 6.64. The zero-order valence-electron chi connectivity index (χ0n) is 13.8. The first kappa shape index (κ1) is 15.8. The predicted octanol–water partition coefficient (Wildman–Crippen LogP) is 3.54. The van der Waals surface area contributed by atoms with E-state index in [4.69, 9.17) is 5.73 Å². The predicted molar refractivity (Wildman–Crippen MR) is 93.1 cm³/mol. The van der Waals surface area contributed by atoms with E-state index >= 15 is 0 Å². The van der Waals surface area contributed by atoms with E-state index in [0.717, 1.165) is 24.1 Å². The molecule has 1 heterocycles. The van der Waals surface area contributed by atoms with Crippen LogP contribution in [0.5, 0.6) is 0 Å². The van der Waals surface area contributed by atoms with Crippen molar-refractivity contribution < 1.29 is 4.79 Å². The molecule has 3 heteroatoms. The molecule has 0 bridgehead atoms. The summed E-state index contributed by atoms with van der Waals surface area (Å²) in [5.41, 5.74) is 10.8. The van der Waals surface area contributed by atoms with Crippen molar-refractivity contribution in [3.8, 4) is 0 Å². The molecule has 0 spiro atoms. The Morgan fingerprint density at radius 3 is 2.52 bits per heavy atom. The summed E-state index contributed by atoms with van der Waals surface area (Å²) in [6, 6.07) is 16.0. The number of nitrogens with zero attached hydrogens (tertiary/aromatic N) is 1. The zero-order chi connectivity index (χ0) is 16.4. The summed E-state index contributed by atoms with van der Waals surface area (Å²) < 4.78 is 0. The van der Waals surface area contributed by atoms with Crippen LogP contribution in [-0.4, -0.2) is 17.4 Å². The Bertz CT molecular complexity index is 694. The van der Waals surface area contributed by atoms with Gasteiger partial charge in [-0.25, -0.2) is 0 Å². The minimum absolute atomic E-state index is 0.0421. The molecule has 0 fully saturated rings. The molecule has 0 aliphatic carbocycles. The molecule has 1 atom stereocenters. The van der Waals surface area contributed by atoms with E-state index in [1.807, 2.05) is 35.2 Å². The van der Waals surface area contributed by atoms with Crippen molar-refractivity contribution >= 4 is 5.91 Å². The Labute approximate surface area is 138 Å². The van der Waals surface area contributed by atoms with E-state index in [2.05, 4.69) is 32.0 Å². The molecule has 0 aromatic heterocycles. The zero-order valence-corrected chi connectivity index (χ0v) is 13.8. The highest BCUT2D eigenvalue weighted by atomic mass is 16.2. The molecule has 3 rings (SSSR count). The maximum atomic E-state index is 12.6. The van der Waals surface area contributed by atoms with E-state index in [-0.39, 0.29) is 11.9 Å². The smallest absolute Gasteiger partial charge is 0.254 e. The number of carbonyl (C=O) groups is 1. The Hall–Kier alpha value is -2.13. The van der Waals surface area contributed by atoms with Crippen LogP contribution >= 0.6 is 0 Å². The highest BCUT2D eigenvalue weighted by Crippen LogP contribution is 2.26. The van der Waals surface area contributed by atoms with Crippen LogP contribution in [0.25, 0.3) is 0 Å². The number of benzene rings is 2. The van der Waals surface area contributed by atoms with Gasteiger partial charge in [0, 0.05) is 24.7 Å². The standard InChI is InChI=1S/C20H24N2O/c1-14(2)19(21)17-9-8-15-10-11-22(13-18(15)12-17)20(23)16-6-4-3-5-7-16/h3-9,12,14,19H,10-11,13,21H2,1-2H3. The molecule has 2 aromatic carbocycles. The number of amides is 1. The maximum Gasteiger partial charge on any atom is 0.254 e. The summed E-state index contributed by atoms with van der Waals surface area (Å²) >= 11 is 0. The summed E-state index contributed by atoms with van der Waals surface area (Å²) in [6.45, 7) is 5.71. The highest BCUT2D eigenvalue weighted by molar-refractivity contribution is 5.94. The minimum atomic E-state index is 0.0421. The third kappa shape index (κ3) is 3.30. The largest absolute Gasteiger partial charge is 0.334 e. The normalized spacial score (nSPS) is 15.4. The first-order valence-electron chi connectivity index (χ1n) is 8.28. The lowest BCUT2D eigenvalue weighted by molar-refractivity contribution is 0.0734. The summed E-state index contributed by atoms with van der Waals surface area (Å²) in [7, 11) is 0. The molecule has 1 unspecified atom stereocenters. The van der Waals surface area contributed by atoms with Gasteiger partial charge in [-0.1, -0.05) is 50.2 Å². The lowest BCUT2D eigenvalue weighted by Crippen LogP contribution is -2.36. The lowest BCUT2D eigenvalue weighted by Gasteiger charge is -2.30. The van der Waals surface area contributed by atoms with E-state index in [1.54, 1.807) is 0 Å². The van der Waals surface area contributed by atoms with Gasteiger partial charge >= 0.3 is 0 Å². The number of carbonyl (C=O) groups excluding carboxylic acids is 1. The number of hydrogen-bond donors (Lipinski definition) is 1. The van der Waals surface area contributed by atoms with E-state index in [1.165, 1.54) is 11.1 Å². The minimum Gasteiger partial charge on any atom is -0.334 e. The van der Waals surface area contributed by atoms with Gasteiger partial charge in [-0.2, -0.15) is 0 Å². The monoisotopic (exact) mass is 308 g/mol. The van der Waals surface area contributed by atoms with Crippen molar-refractivity contribution in [1.29, 1.82) is 0 Å². The molecule has 0 radical (unpaired) electrons. The molecule has 2 N–H and O–H groups in total. The number of rotatable bonds is 3. The third-order valence-corrected chi connectivity index (χ3v) is 4.65. The average molecular weight is 308 g/mol. The molecule has 0 saturated carbocycles. The average Bonchev–Trinajstić information content (AvgIpc) is 2.60. The Morgan fingerprint density at radius 2 is 1.83 bits per heavy atom. The Balaban J connectivity index is 1.82. The summed E-state index contributed by atoms with van der Waals surface area (Å²) in [4.78, 5) is 14.6. The number of hydrogen-bond acceptors (Lipinski definition) is 2. The van der Waals surface area contributed by atoms with Gasteiger partial charge in [-0.15, -0.1) is 0 Å². The molecule has 2 aromatic rings. The van der Waals surface area contributed by atoms with Gasteiger partial charge in [0.15, 0.2) is 0 Å². The van der Waals surface area contributed by atoms with Crippen LogP contribution in [0.2, 0.25) is 0 Å². The third-order valence-electron chi connectivity index (χ3n) is 4.65. The molecular formula is C20H24N2O. The summed E-state index contributed by atoms with van der Waals surface area (Å²) in [5.74, 6) is 0.508. The van der Waals surface area contributed by atoms with Crippen molar-refractivity contribution in [2.24, 2.45) is 11.7 Å². The van der Waals surface area contributed by atoms with Crippen molar-refractivity contribution in [2.45, 2.75) is 32.9 Å². The molecule has 3 nitrogen and oxygen atoms in total. The number of fused-ring (bicyclic) bond motifs is 1. The van der Waals surface area contributed by atoms with E-state index in [0.29, 0.717) is 12.5 Å². The molecule has 120 valence electrons. The van der Waals surface area contributed by atoms with Crippen molar-refractivity contribution in [3.05, 3.63) is 70.8 Å². The van der Waals surface area contributed by atoms with Gasteiger partial charge in [0.1, 0.15) is 0 Å². The van der Waals surface area contributed by atoms with Crippen molar-refractivity contribution in [3.63, 3.8) is 0 Å². The second kappa shape index (κ2) is 6.55. The van der Waals surface area contributed by atoms with Gasteiger partial charge in [0.2, 0.25) is 0 Å². The van der Waals surface area contributed by atoms with Crippen LogP contribution < -0.4 is 5.73 Å². The Morgan fingerprint density at radius 1 is 1.09 bits per heavy atom. The van der Waals surface area contributed by atoms with Crippen LogP contribution in [0.15, 0.2) is 48.5 Å². The second-order valence-corrected chi connectivity index (χ2v) is 6.64. The lowest BCUT2D eigenvalue weighted by atomic mass is 9.91. The van der Waals surface area contributed by atoms with E-state index < -0.39 is 0 Å². The highest BCUT2D eigenvalue weighted by Gasteiger charge is 2.22. The van der Waals surface area contributed by atoms with Crippen molar-refractivity contribution in [2.75, 3.05) is 6.54 Å². The molecule has 23 heavy (non-hydrogen) atoms. The first-order valence-corrected chi connectivity index (χ1v) is 8.28. The summed E-state index contributed by atoms with van der Waals surface area (Å²) in [5, 5.41) is 0. The van der Waals surface area contributed by atoms with E-state index in [9.17, 15) is 4.79 Å². The molecular weight excluding hydrogens is 284 g/mol. The van der Waals surface area contributed by atoms with Crippen LogP contribution in [0.4, 0.5) is 0 Å². The Kier molecular flexibility index (Phi) is 4.49. The SMILES string of the molecule is CC(C)C(N)c1ccc2c(c1)CN(C(=O)c1ccccc1)CC2. The molecule has 1 aliphatic rings. The fourth-order valence-corrected chi connectivity index (χ4v) is 3.11. The topological polar surface area (TPSA) is 46.3 Å². The summed E-state index contributed by atoms with van der Waals surface area (Å²) in [6.07, 6.45) is 0.908. The quantitative estimate of drug-likeness (QED) is 0.942. The van der Waals surface area contributed by atoms with Gasteiger partial charge in [0.05, 0.1) is 0 Å². The van der Waals surface area contributed by atoms with Crippen molar-refractivity contribution in [1.82, 2.24) is 4.90 Å². The van der Waals surface area contributed by atoms with Crippen LogP contribution in [-0.2, 0) is 13.0 Å². The van der Waals surface area contributed by atoms with Crippen LogP contribution in [0.1, 0.15) is 46.9 Å². The van der Waals surface area contributed by atoms with Crippen LogP contribution in [0.3, 0.4) is 0 Å². The molecule has 0 saturated heterocycles. The van der Waals surface area contributed by atoms with Gasteiger partial charge in [-0.3, -0.25) is 4.79 Å². The molecule has 1 aliphatic heterocycles. The maximum absolute atomic E-state index is 12.6. The first-order chi connectivity index (χ1) is 11.1. The number of nitrogens with two attached hydrogens (primary N) is 1. The van der Waals surface area contributed by atoms with Gasteiger partial charge in [-0.05, 0) is 41.2 Å². The fraction of sp³-hybridized carbons (Fsp3) is 0.350. The fourth-order valence-electron chi connectivity index (χ4n) is 3.11. The van der Waals surface area contributed by atoms with Gasteiger partial charge in [0.25, 0.3) is 5.91 Å².